The molecule has 0 aliphatic carbocycles. The molecular weight excluding hydrogens is 268 g/mol. The van der Waals surface area contributed by atoms with Gasteiger partial charge in [0, 0.05) is 24.0 Å². The molecule has 1 unspecified atom stereocenters. The lowest BCUT2D eigenvalue weighted by atomic mass is 10.1. The first kappa shape index (κ1) is 13.5. The zero-order chi connectivity index (χ0) is 15.0. The Hall–Kier alpha value is -2.43. The van der Waals surface area contributed by atoms with Gasteiger partial charge < -0.3 is 10.0 Å². The topological polar surface area (TPSA) is 70.5 Å². The van der Waals surface area contributed by atoms with Crippen LogP contribution in [0.4, 0.5) is 0 Å². The second-order valence-corrected chi connectivity index (χ2v) is 5.39. The van der Waals surface area contributed by atoms with Crippen LogP contribution < -0.4 is 0 Å². The highest BCUT2D eigenvalue weighted by Gasteiger charge is 2.35. The molecule has 1 N–H and O–H groups in total. The summed E-state index contributed by atoms with van der Waals surface area (Å²) in [5, 5.41) is 10.2. The van der Waals surface area contributed by atoms with Gasteiger partial charge in [-0.1, -0.05) is 12.1 Å². The first-order chi connectivity index (χ1) is 10.0. The standard InChI is InChI=1S/C16H16N2O3/c1-10-2-4-12-8-11(3-5-13(12)17-10)9-18-14(16(20)21)6-7-15(18)19/h2-5,8,14H,6-7,9H2,1H3,(H,20,21). The molecule has 2 heterocycles. The molecule has 0 bridgehead atoms. The van der Waals surface area contributed by atoms with Crippen LogP contribution in [0.2, 0.25) is 0 Å². The second-order valence-electron chi connectivity index (χ2n) is 5.39. The average Bonchev–Trinajstić information content (AvgIpc) is 2.80. The Morgan fingerprint density at radius 3 is 2.95 bits per heavy atom. The van der Waals surface area contributed by atoms with E-state index in [1.807, 2.05) is 37.3 Å². The van der Waals surface area contributed by atoms with Crippen LogP contribution in [0.25, 0.3) is 10.9 Å². The Kier molecular flexibility index (Phi) is 3.33. The smallest absolute Gasteiger partial charge is 0.326 e. The summed E-state index contributed by atoms with van der Waals surface area (Å²) in [5.74, 6) is -1.02. The number of likely N-dealkylation sites (tertiary alicyclic amines) is 1. The zero-order valence-corrected chi connectivity index (χ0v) is 11.7. The van der Waals surface area contributed by atoms with Gasteiger partial charge in [-0.25, -0.2) is 4.79 Å². The molecule has 108 valence electrons. The number of carbonyl (C=O) groups excluding carboxylic acids is 1. The summed E-state index contributed by atoms with van der Waals surface area (Å²) in [6.07, 6.45) is 0.702. The number of carboxylic acid groups (broad SMARTS) is 1. The van der Waals surface area contributed by atoms with Crippen LogP contribution in [0.3, 0.4) is 0 Å². The SMILES string of the molecule is Cc1ccc2cc(CN3C(=O)CCC3C(=O)O)ccc2n1. The van der Waals surface area contributed by atoms with Gasteiger partial charge in [0.1, 0.15) is 6.04 Å². The minimum atomic E-state index is -0.932. The largest absolute Gasteiger partial charge is 0.480 e. The van der Waals surface area contributed by atoms with Crippen LogP contribution in [0.15, 0.2) is 30.3 Å². The van der Waals surface area contributed by atoms with Gasteiger partial charge >= 0.3 is 5.97 Å². The molecule has 0 saturated carbocycles. The molecule has 1 saturated heterocycles. The van der Waals surface area contributed by atoms with Crippen molar-refractivity contribution in [3.63, 3.8) is 0 Å². The number of benzene rings is 1. The third-order valence-electron chi connectivity index (χ3n) is 3.86. The van der Waals surface area contributed by atoms with Crippen molar-refractivity contribution in [1.29, 1.82) is 0 Å². The number of hydrogen-bond donors (Lipinski definition) is 1. The lowest BCUT2D eigenvalue weighted by molar-refractivity contribution is -0.146. The van der Waals surface area contributed by atoms with Crippen molar-refractivity contribution in [2.45, 2.75) is 32.4 Å². The number of carboxylic acids is 1. The first-order valence-corrected chi connectivity index (χ1v) is 6.93. The Bertz CT molecular complexity index is 727. The predicted molar refractivity (Wildman–Crippen MR) is 77.7 cm³/mol. The zero-order valence-electron chi connectivity index (χ0n) is 11.7. The number of hydrogen-bond acceptors (Lipinski definition) is 3. The molecule has 1 aromatic heterocycles. The van der Waals surface area contributed by atoms with E-state index < -0.39 is 12.0 Å². The molecule has 2 aromatic rings. The molecule has 0 spiro atoms. The maximum absolute atomic E-state index is 11.9. The average molecular weight is 284 g/mol. The van der Waals surface area contributed by atoms with E-state index >= 15 is 0 Å². The number of carbonyl (C=O) groups is 2. The number of pyridine rings is 1. The van der Waals surface area contributed by atoms with Gasteiger partial charge in [0.2, 0.25) is 5.91 Å². The fourth-order valence-electron chi connectivity index (χ4n) is 2.76. The van der Waals surface area contributed by atoms with E-state index in [4.69, 9.17) is 0 Å². The number of aryl methyl sites for hydroxylation is 1. The summed E-state index contributed by atoms with van der Waals surface area (Å²) >= 11 is 0. The third kappa shape index (κ3) is 2.59. The third-order valence-corrected chi connectivity index (χ3v) is 3.86. The van der Waals surface area contributed by atoms with Gasteiger partial charge in [-0.15, -0.1) is 0 Å². The molecule has 5 nitrogen and oxygen atoms in total. The van der Waals surface area contributed by atoms with Gasteiger partial charge in [-0.2, -0.15) is 0 Å². The summed E-state index contributed by atoms with van der Waals surface area (Å²) in [4.78, 5) is 28.9. The number of aliphatic carboxylic acids is 1. The highest BCUT2D eigenvalue weighted by molar-refractivity contribution is 5.87. The Labute approximate surface area is 122 Å². The molecule has 1 atom stereocenters. The van der Waals surface area contributed by atoms with E-state index in [1.54, 1.807) is 0 Å². The molecule has 0 radical (unpaired) electrons. The molecule has 1 amide bonds. The van der Waals surface area contributed by atoms with Gasteiger partial charge in [0.25, 0.3) is 0 Å². The van der Waals surface area contributed by atoms with Crippen LogP contribution in [0.1, 0.15) is 24.1 Å². The molecule has 1 fully saturated rings. The predicted octanol–water partition coefficient (Wildman–Crippen LogP) is 2.12. The highest BCUT2D eigenvalue weighted by atomic mass is 16.4. The highest BCUT2D eigenvalue weighted by Crippen LogP contribution is 2.23. The van der Waals surface area contributed by atoms with E-state index in [0.29, 0.717) is 19.4 Å². The van der Waals surface area contributed by atoms with Crippen molar-refractivity contribution in [2.75, 3.05) is 0 Å². The van der Waals surface area contributed by atoms with Crippen LogP contribution >= 0.6 is 0 Å². The van der Waals surface area contributed by atoms with Gasteiger partial charge in [-0.3, -0.25) is 9.78 Å². The summed E-state index contributed by atoms with van der Waals surface area (Å²) < 4.78 is 0. The van der Waals surface area contributed by atoms with Gasteiger partial charge in [0.15, 0.2) is 0 Å². The van der Waals surface area contributed by atoms with Crippen molar-refractivity contribution in [1.82, 2.24) is 9.88 Å². The molecule has 3 rings (SSSR count). The number of nitrogens with zero attached hydrogens (tertiary/aromatic N) is 2. The fourth-order valence-corrected chi connectivity index (χ4v) is 2.76. The number of rotatable bonds is 3. The maximum Gasteiger partial charge on any atom is 0.326 e. The Morgan fingerprint density at radius 1 is 1.38 bits per heavy atom. The number of aromatic nitrogens is 1. The normalized spacial score (nSPS) is 18.4. The fraction of sp³-hybridized carbons (Fsp3) is 0.312. The van der Waals surface area contributed by atoms with Crippen molar-refractivity contribution in [3.8, 4) is 0 Å². The lowest BCUT2D eigenvalue weighted by Crippen LogP contribution is -2.37. The van der Waals surface area contributed by atoms with E-state index in [1.165, 1.54) is 4.90 Å². The van der Waals surface area contributed by atoms with E-state index in [-0.39, 0.29) is 5.91 Å². The molecule has 1 aromatic carbocycles. The quantitative estimate of drug-likeness (QED) is 0.937. The summed E-state index contributed by atoms with van der Waals surface area (Å²) in [7, 11) is 0. The summed E-state index contributed by atoms with van der Waals surface area (Å²) in [5.41, 5.74) is 2.78. The molecule has 5 heteroatoms. The van der Waals surface area contributed by atoms with Crippen LogP contribution in [0.5, 0.6) is 0 Å². The molecule has 1 aliphatic heterocycles. The van der Waals surface area contributed by atoms with E-state index in [2.05, 4.69) is 4.98 Å². The van der Waals surface area contributed by atoms with Crippen molar-refractivity contribution < 1.29 is 14.7 Å². The Balaban J connectivity index is 1.89. The first-order valence-electron chi connectivity index (χ1n) is 6.93. The minimum Gasteiger partial charge on any atom is -0.480 e. The van der Waals surface area contributed by atoms with Gasteiger partial charge in [0.05, 0.1) is 5.52 Å². The number of fused-ring (bicyclic) bond motifs is 1. The van der Waals surface area contributed by atoms with Crippen molar-refractivity contribution in [3.05, 3.63) is 41.6 Å². The van der Waals surface area contributed by atoms with Crippen LogP contribution in [-0.4, -0.2) is 32.9 Å². The van der Waals surface area contributed by atoms with E-state index in [0.717, 1.165) is 22.2 Å². The molecular formula is C16H16N2O3. The lowest BCUT2D eigenvalue weighted by Gasteiger charge is -2.21. The van der Waals surface area contributed by atoms with Crippen LogP contribution in [-0.2, 0) is 16.1 Å². The van der Waals surface area contributed by atoms with Crippen molar-refractivity contribution in [2.24, 2.45) is 0 Å². The molecule has 1 aliphatic rings. The minimum absolute atomic E-state index is 0.0930. The van der Waals surface area contributed by atoms with Gasteiger partial charge in [-0.05, 0) is 37.1 Å². The monoisotopic (exact) mass is 284 g/mol. The second kappa shape index (κ2) is 5.16. The van der Waals surface area contributed by atoms with E-state index in [9.17, 15) is 14.7 Å². The molecule has 21 heavy (non-hydrogen) atoms. The summed E-state index contributed by atoms with van der Waals surface area (Å²) in [6, 6.07) is 9.00. The van der Waals surface area contributed by atoms with Crippen LogP contribution in [0, 0.1) is 6.92 Å². The summed E-state index contributed by atoms with van der Waals surface area (Å²) in [6.45, 7) is 2.27. The Morgan fingerprint density at radius 2 is 2.19 bits per heavy atom. The maximum atomic E-state index is 11.9. The van der Waals surface area contributed by atoms with Crippen molar-refractivity contribution >= 4 is 22.8 Å². The number of amides is 1.